The summed E-state index contributed by atoms with van der Waals surface area (Å²) in [5.41, 5.74) is 0. The lowest BCUT2D eigenvalue weighted by atomic mass is 10.4. The van der Waals surface area contributed by atoms with E-state index in [1.54, 1.807) is 0 Å². The van der Waals surface area contributed by atoms with Crippen molar-refractivity contribution in [2.75, 3.05) is 12.4 Å². The number of carbonyl (C=O) groups is 1. The zero-order valence-electron chi connectivity index (χ0n) is 9.40. The summed E-state index contributed by atoms with van der Waals surface area (Å²) in [6.45, 7) is 4.05. The molecule has 0 bridgehead atoms. The molecule has 1 rings (SSSR count). The number of halogens is 1. The predicted molar refractivity (Wildman–Crippen MR) is 71.0 cm³/mol. The number of ether oxygens (including phenoxy) is 1. The van der Waals surface area contributed by atoms with Gasteiger partial charge in [0.05, 0.1) is 11.9 Å². The molecule has 0 aliphatic heterocycles. The van der Waals surface area contributed by atoms with Crippen molar-refractivity contribution >= 4 is 33.5 Å². The number of hydrogen-bond acceptors (Lipinski definition) is 3. The van der Waals surface area contributed by atoms with E-state index in [0.717, 1.165) is 9.37 Å². The molecule has 0 fully saturated rings. The van der Waals surface area contributed by atoms with E-state index in [0.29, 0.717) is 5.75 Å². The van der Waals surface area contributed by atoms with Gasteiger partial charge in [0.25, 0.3) is 0 Å². The SMILES string of the molecule is CC(C)OCC(=O)CSc1ccccc1Br. The van der Waals surface area contributed by atoms with E-state index in [4.69, 9.17) is 4.74 Å². The lowest BCUT2D eigenvalue weighted by Gasteiger charge is -2.07. The van der Waals surface area contributed by atoms with Gasteiger partial charge in [0.2, 0.25) is 0 Å². The molecule has 0 radical (unpaired) electrons. The Morgan fingerprint density at radius 2 is 2.12 bits per heavy atom. The van der Waals surface area contributed by atoms with Gasteiger partial charge in [0.1, 0.15) is 6.61 Å². The van der Waals surface area contributed by atoms with E-state index in [-0.39, 0.29) is 18.5 Å². The number of rotatable bonds is 6. The Morgan fingerprint density at radius 1 is 1.44 bits per heavy atom. The van der Waals surface area contributed by atoms with E-state index in [9.17, 15) is 4.79 Å². The minimum Gasteiger partial charge on any atom is -0.371 e. The normalized spacial score (nSPS) is 10.8. The second kappa shape index (κ2) is 7.09. The maximum absolute atomic E-state index is 11.5. The van der Waals surface area contributed by atoms with Gasteiger partial charge in [-0.3, -0.25) is 4.79 Å². The summed E-state index contributed by atoms with van der Waals surface area (Å²) in [7, 11) is 0. The van der Waals surface area contributed by atoms with Gasteiger partial charge in [-0.25, -0.2) is 0 Å². The first-order valence-corrected chi connectivity index (χ1v) is 6.88. The highest BCUT2D eigenvalue weighted by Gasteiger charge is 2.06. The minimum absolute atomic E-state index is 0.109. The Balaban J connectivity index is 2.35. The summed E-state index contributed by atoms with van der Waals surface area (Å²) in [5, 5.41) is 0. The highest BCUT2D eigenvalue weighted by molar-refractivity contribution is 9.10. The average molecular weight is 303 g/mol. The van der Waals surface area contributed by atoms with Crippen LogP contribution in [0.4, 0.5) is 0 Å². The topological polar surface area (TPSA) is 26.3 Å². The van der Waals surface area contributed by atoms with Crippen LogP contribution >= 0.6 is 27.7 Å². The van der Waals surface area contributed by atoms with Gasteiger partial charge >= 0.3 is 0 Å². The number of hydrogen-bond donors (Lipinski definition) is 0. The van der Waals surface area contributed by atoms with Crippen molar-refractivity contribution in [2.24, 2.45) is 0 Å². The second-order valence-corrected chi connectivity index (χ2v) is 5.49. The molecule has 0 aliphatic carbocycles. The fourth-order valence-electron chi connectivity index (χ4n) is 1.02. The van der Waals surface area contributed by atoms with Crippen LogP contribution in [0.3, 0.4) is 0 Å². The van der Waals surface area contributed by atoms with Crippen molar-refractivity contribution in [1.29, 1.82) is 0 Å². The Labute approximate surface area is 109 Å². The third kappa shape index (κ3) is 5.14. The van der Waals surface area contributed by atoms with Crippen LogP contribution in [0.15, 0.2) is 33.6 Å². The van der Waals surface area contributed by atoms with Crippen LogP contribution in [0, 0.1) is 0 Å². The van der Waals surface area contributed by atoms with Crippen molar-refractivity contribution in [3.63, 3.8) is 0 Å². The Hall–Kier alpha value is -0.320. The van der Waals surface area contributed by atoms with E-state index >= 15 is 0 Å². The zero-order valence-corrected chi connectivity index (χ0v) is 11.8. The summed E-state index contributed by atoms with van der Waals surface area (Å²) in [4.78, 5) is 12.6. The van der Waals surface area contributed by atoms with Crippen LogP contribution in [0.25, 0.3) is 0 Å². The molecule has 0 saturated heterocycles. The van der Waals surface area contributed by atoms with Gasteiger partial charge in [0, 0.05) is 9.37 Å². The minimum atomic E-state index is 0.109. The summed E-state index contributed by atoms with van der Waals surface area (Å²) in [5.74, 6) is 0.574. The van der Waals surface area contributed by atoms with Crippen LogP contribution in [-0.4, -0.2) is 24.2 Å². The van der Waals surface area contributed by atoms with E-state index in [1.807, 2.05) is 38.1 Å². The summed E-state index contributed by atoms with van der Waals surface area (Å²) < 4.78 is 6.27. The molecule has 88 valence electrons. The van der Waals surface area contributed by atoms with Crippen molar-refractivity contribution in [2.45, 2.75) is 24.8 Å². The maximum Gasteiger partial charge on any atom is 0.168 e. The van der Waals surface area contributed by atoms with Gasteiger partial charge in [-0.15, -0.1) is 11.8 Å². The molecule has 0 amide bonds. The first-order valence-electron chi connectivity index (χ1n) is 5.10. The number of Topliss-reactive ketones (excluding diaryl/α,β-unsaturated/α-hetero) is 1. The molecule has 0 spiro atoms. The lowest BCUT2D eigenvalue weighted by molar-refractivity contribution is -0.122. The van der Waals surface area contributed by atoms with Crippen molar-refractivity contribution in [3.8, 4) is 0 Å². The predicted octanol–water partition coefficient (Wildman–Crippen LogP) is 3.54. The number of benzene rings is 1. The van der Waals surface area contributed by atoms with E-state index < -0.39 is 0 Å². The quantitative estimate of drug-likeness (QED) is 0.752. The van der Waals surface area contributed by atoms with Gasteiger partial charge in [-0.05, 0) is 41.9 Å². The fourth-order valence-corrected chi connectivity index (χ4v) is 2.43. The zero-order chi connectivity index (χ0) is 12.0. The van der Waals surface area contributed by atoms with Crippen LogP contribution < -0.4 is 0 Å². The molecule has 0 unspecified atom stereocenters. The van der Waals surface area contributed by atoms with Crippen molar-refractivity contribution in [3.05, 3.63) is 28.7 Å². The molecule has 2 nitrogen and oxygen atoms in total. The Kier molecular flexibility index (Phi) is 6.09. The van der Waals surface area contributed by atoms with Gasteiger partial charge in [0.15, 0.2) is 5.78 Å². The average Bonchev–Trinajstić information content (AvgIpc) is 2.25. The monoisotopic (exact) mass is 302 g/mol. The molecular formula is C12H15BrO2S. The first kappa shape index (κ1) is 13.7. The molecule has 0 N–H and O–H groups in total. The van der Waals surface area contributed by atoms with Crippen LogP contribution in [0.5, 0.6) is 0 Å². The Morgan fingerprint density at radius 3 is 2.75 bits per heavy atom. The molecule has 0 aromatic heterocycles. The smallest absolute Gasteiger partial charge is 0.168 e. The molecule has 1 aromatic rings. The number of ketones is 1. The highest BCUT2D eigenvalue weighted by Crippen LogP contribution is 2.26. The van der Waals surface area contributed by atoms with Crippen LogP contribution in [0.2, 0.25) is 0 Å². The summed E-state index contributed by atoms with van der Waals surface area (Å²) in [6.07, 6.45) is 0.109. The maximum atomic E-state index is 11.5. The molecule has 16 heavy (non-hydrogen) atoms. The van der Waals surface area contributed by atoms with E-state index in [1.165, 1.54) is 11.8 Å². The first-order chi connectivity index (χ1) is 7.59. The lowest BCUT2D eigenvalue weighted by Crippen LogP contribution is -2.14. The summed E-state index contributed by atoms with van der Waals surface area (Å²) >= 11 is 4.98. The highest BCUT2D eigenvalue weighted by atomic mass is 79.9. The molecule has 0 heterocycles. The molecule has 1 aromatic carbocycles. The fraction of sp³-hybridized carbons (Fsp3) is 0.417. The third-order valence-corrected chi connectivity index (χ3v) is 3.89. The van der Waals surface area contributed by atoms with Crippen LogP contribution in [-0.2, 0) is 9.53 Å². The second-order valence-electron chi connectivity index (χ2n) is 3.62. The standard InChI is InChI=1S/C12H15BrO2S/c1-9(2)15-7-10(14)8-16-12-6-4-3-5-11(12)13/h3-6,9H,7-8H2,1-2H3. The van der Waals surface area contributed by atoms with Crippen molar-refractivity contribution < 1.29 is 9.53 Å². The molecular weight excluding hydrogens is 288 g/mol. The molecule has 0 saturated carbocycles. The number of carbonyl (C=O) groups excluding carboxylic acids is 1. The van der Waals surface area contributed by atoms with Gasteiger partial charge in [-0.1, -0.05) is 12.1 Å². The van der Waals surface area contributed by atoms with Gasteiger partial charge < -0.3 is 4.74 Å². The summed E-state index contributed by atoms with van der Waals surface area (Å²) in [6, 6.07) is 7.88. The van der Waals surface area contributed by atoms with Crippen LogP contribution in [0.1, 0.15) is 13.8 Å². The van der Waals surface area contributed by atoms with E-state index in [2.05, 4.69) is 15.9 Å². The molecule has 4 heteroatoms. The largest absolute Gasteiger partial charge is 0.371 e. The number of thioether (sulfide) groups is 1. The Bertz CT molecular complexity index is 353. The third-order valence-electron chi connectivity index (χ3n) is 1.80. The van der Waals surface area contributed by atoms with Gasteiger partial charge in [-0.2, -0.15) is 0 Å². The molecule has 0 atom stereocenters. The van der Waals surface area contributed by atoms with Crippen molar-refractivity contribution in [1.82, 2.24) is 0 Å². The molecule has 0 aliphatic rings.